The average molecular weight is 247 g/mol. The molecule has 3 heteroatoms. The van der Waals surface area contributed by atoms with Crippen LogP contribution in [0.2, 0.25) is 0 Å². The summed E-state index contributed by atoms with van der Waals surface area (Å²) in [6.45, 7) is 4.01. The second-order valence-electron chi connectivity index (χ2n) is 5.60. The molecule has 3 nitrogen and oxygen atoms in total. The Balaban J connectivity index is 2.14. The van der Waals surface area contributed by atoms with Crippen molar-refractivity contribution < 1.29 is 9.90 Å². The molecule has 2 rings (SSSR count). The number of hydrogen-bond acceptors (Lipinski definition) is 2. The van der Waals surface area contributed by atoms with Crippen LogP contribution in [0.25, 0.3) is 0 Å². The molecular weight excluding hydrogens is 226 g/mol. The summed E-state index contributed by atoms with van der Waals surface area (Å²) in [5.74, 6) is -0.113. The summed E-state index contributed by atoms with van der Waals surface area (Å²) in [7, 11) is 0. The van der Waals surface area contributed by atoms with Gasteiger partial charge in [-0.3, -0.25) is 4.79 Å². The van der Waals surface area contributed by atoms with Gasteiger partial charge in [0, 0.05) is 5.54 Å². The SMILES string of the molecule is Cc1ccc(O)c(C(=O)NC2(C)CCCCC2)c1. The summed E-state index contributed by atoms with van der Waals surface area (Å²) in [4.78, 5) is 12.2. The zero-order chi connectivity index (χ0) is 13.2. The first-order chi connectivity index (χ1) is 8.50. The number of aromatic hydroxyl groups is 1. The van der Waals surface area contributed by atoms with Gasteiger partial charge in [0.1, 0.15) is 5.75 Å². The minimum absolute atomic E-state index is 0.0532. The first-order valence-electron chi connectivity index (χ1n) is 6.62. The molecule has 2 N–H and O–H groups in total. The number of hydrogen-bond donors (Lipinski definition) is 2. The Hall–Kier alpha value is -1.51. The van der Waals surface area contributed by atoms with E-state index in [1.807, 2.05) is 6.92 Å². The molecule has 0 radical (unpaired) electrons. The maximum absolute atomic E-state index is 12.2. The third-order valence-corrected chi connectivity index (χ3v) is 3.77. The van der Waals surface area contributed by atoms with Crippen molar-refractivity contribution in [3.8, 4) is 5.75 Å². The number of rotatable bonds is 2. The summed E-state index contributed by atoms with van der Waals surface area (Å²) in [5, 5.41) is 12.8. The van der Waals surface area contributed by atoms with Gasteiger partial charge in [-0.1, -0.05) is 30.9 Å². The van der Waals surface area contributed by atoms with Gasteiger partial charge >= 0.3 is 0 Å². The predicted octanol–water partition coefficient (Wildman–Crippen LogP) is 3.15. The maximum atomic E-state index is 12.2. The van der Waals surface area contributed by atoms with Gasteiger partial charge in [-0.15, -0.1) is 0 Å². The van der Waals surface area contributed by atoms with Crippen LogP contribution >= 0.6 is 0 Å². The van der Waals surface area contributed by atoms with Crippen molar-refractivity contribution in [3.05, 3.63) is 29.3 Å². The van der Waals surface area contributed by atoms with Crippen molar-refractivity contribution in [2.24, 2.45) is 0 Å². The van der Waals surface area contributed by atoms with E-state index >= 15 is 0 Å². The van der Waals surface area contributed by atoms with E-state index in [0.717, 1.165) is 31.2 Å². The van der Waals surface area contributed by atoms with Crippen LogP contribution in [0, 0.1) is 6.92 Å². The Labute approximate surface area is 108 Å². The van der Waals surface area contributed by atoms with E-state index in [0.29, 0.717) is 5.56 Å². The molecule has 1 aliphatic carbocycles. The lowest BCUT2D eigenvalue weighted by Gasteiger charge is -2.34. The highest BCUT2D eigenvalue weighted by atomic mass is 16.3. The Kier molecular flexibility index (Phi) is 3.60. The van der Waals surface area contributed by atoms with Gasteiger partial charge < -0.3 is 10.4 Å². The van der Waals surface area contributed by atoms with Crippen LogP contribution in [0.1, 0.15) is 54.9 Å². The van der Waals surface area contributed by atoms with Crippen LogP contribution in [-0.4, -0.2) is 16.6 Å². The number of benzene rings is 1. The molecular formula is C15H21NO2. The number of aryl methyl sites for hydroxylation is 1. The molecule has 0 aliphatic heterocycles. The third kappa shape index (κ3) is 2.84. The second-order valence-corrected chi connectivity index (χ2v) is 5.60. The van der Waals surface area contributed by atoms with Crippen LogP contribution in [0.15, 0.2) is 18.2 Å². The van der Waals surface area contributed by atoms with Crippen molar-refractivity contribution in [2.75, 3.05) is 0 Å². The lowest BCUT2D eigenvalue weighted by atomic mass is 9.83. The predicted molar refractivity (Wildman–Crippen MR) is 71.8 cm³/mol. The zero-order valence-corrected chi connectivity index (χ0v) is 11.1. The van der Waals surface area contributed by atoms with Gasteiger partial charge in [0.15, 0.2) is 0 Å². The van der Waals surface area contributed by atoms with Gasteiger partial charge in [-0.2, -0.15) is 0 Å². The second kappa shape index (κ2) is 5.01. The largest absolute Gasteiger partial charge is 0.507 e. The Morgan fingerprint density at radius 1 is 1.28 bits per heavy atom. The third-order valence-electron chi connectivity index (χ3n) is 3.77. The molecule has 98 valence electrons. The number of carbonyl (C=O) groups excluding carboxylic acids is 1. The first kappa shape index (κ1) is 12.9. The number of amides is 1. The number of carbonyl (C=O) groups is 1. The van der Waals surface area contributed by atoms with Crippen LogP contribution in [0.3, 0.4) is 0 Å². The van der Waals surface area contributed by atoms with Crippen molar-refractivity contribution in [3.63, 3.8) is 0 Å². The Morgan fingerprint density at radius 2 is 1.94 bits per heavy atom. The fourth-order valence-electron chi connectivity index (χ4n) is 2.63. The fraction of sp³-hybridized carbons (Fsp3) is 0.533. The molecule has 0 unspecified atom stereocenters. The van der Waals surface area contributed by atoms with Crippen molar-refractivity contribution in [1.82, 2.24) is 5.32 Å². The van der Waals surface area contributed by atoms with Gasteiger partial charge in [-0.05, 0) is 38.8 Å². The average Bonchev–Trinajstić information content (AvgIpc) is 2.32. The molecule has 0 spiro atoms. The molecule has 18 heavy (non-hydrogen) atoms. The summed E-state index contributed by atoms with van der Waals surface area (Å²) < 4.78 is 0. The van der Waals surface area contributed by atoms with Gasteiger partial charge in [0.25, 0.3) is 5.91 Å². The normalized spacial score (nSPS) is 18.3. The highest BCUT2D eigenvalue weighted by Gasteiger charge is 2.29. The zero-order valence-electron chi connectivity index (χ0n) is 11.1. The molecule has 1 aromatic carbocycles. The molecule has 1 saturated carbocycles. The van der Waals surface area contributed by atoms with E-state index in [-0.39, 0.29) is 17.2 Å². The topological polar surface area (TPSA) is 49.3 Å². The molecule has 0 heterocycles. The van der Waals surface area contributed by atoms with E-state index < -0.39 is 0 Å². The van der Waals surface area contributed by atoms with Gasteiger partial charge in [-0.25, -0.2) is 0 Å². The highest BCUT2D eigenvalue weighted by molar-refractivity contribution is 5.97. The summed E-state index contributed by atoms with van der Waals surface area (Å²) in [6.07, 6.45) is 5.62. The van der Waals surface area contributed by atoms with Gasteiger partial charge in [0.2, 0.25) is 0 Å². The summed E-state index contributed by atoms with van der Waals surface area (Å²) in [5.41, 5.74) is 1.24. The van der Waals surface area contributed by atoms with Crippen LogP contribution in [-0.2, 0) is 0 Å². The number of nitrogens with one attached hydrogen (secondary N) is 1. The lowest BCUT2D eigenvalue weighted by Crippen LogP contribution is -2.47. The molecule has 1 aromatic rings. The van der Waals surface area contributed by atoms with E-state index in [1.165, 1.54) is 6.42 Å². The maximum Gasteiger partial charge on any atom is 0.255 e. The fourth-order valence-corrected chi connectivity index (χ4v) is 2.63. The molecule has 1 amide bonds. The Morgan fingerprint density at radius 3 is 2.61 bits per heavy atom. The van der Waals surface area contributed by atoms with Crippen molar-refractivity contribution in [2.45, 2.75) is 51.5 Å². The number of phenols is 1. The molecule has 1 aliphatic rings. The van der Waals surface area contributed by atoms with E-state index in [1.54, 1.807) is 18.2 Å². The molecule has 0 saturated heterocycles. The summed E-state index contributed by atoms with van der Waals surface area (Å²) in [6, 6.07) is 5.11. The molecule has 1 fully saturated rings. The summed E-state index contributed by atoms with van der Waals surface area (Å²) >= 11 is 0. The molecule has 0 atom stereocenters. The lowest BCUT2D eigenvalue weighted by molar-refractivity contribution is 0.0880. The standard InChI is InChI=1S/C15H21NO2/c1-11-6-7-13(17)12(10-11)14(18)16-15(2)8-4-3-5-9-15/h6-7,10,17H,3-5,8-9H2,1-2H3,(H,16,18). The van der Waals surface area contributed by atoms with Crippen LogP contribution in [0.5, 0.6) is 5.75 Å². The molecule has 0 aromatic heterocycles. The van der Waals surface area contributed by atoms with E-state index in [4.69, 9.17) is 0 Å². The first-order valence-corrected chi connectivity index (χ1v) is 6.62. The van der Waals surface area contributed by atoms with E-state index in [2.05, 4.69) is 12.2 Å². The minimum atomic E-state index is -0.166. The van der Waals surface area contributed by atoms with Crippen molar-refractivity contribution >= 4 is 5.91 Å². The Bertz CT molecular complexity index is 448. The van der Waals surface area contributed by atoms with Crippen molar-refractivity contribution in [1.29, 1.82) is 0 Å². The van der Waals surface area contributed by atoms with Gasteiger partial charge in [0.05, 0.1) is 5.56 Å². The van der Waals surface area contributed by atoms with Crippen LogP contribution in [0.4, 0.5) is 0 Å². The smallest absolute Gasteiger partial charge is 0.255 e. The quantitative estimate of drug-likeness (QED) is 0.843. The number of phenolic OH excluding ortho intramolecular Hbond substituents is 1. The monoisotopic (exact) mass is 247 g/mol. The minimum Gasteiger partial charge on any atom is -0.507 e. The van der Waals surface area contributed by atoms with Crippen LogP contribution < -0.4 is 5.32 Å². The van der Waals surface area contributed by atoms with E-state index in [9.17, 15) is 9.90 Å². The molecule has 0 bridgehead atoms. The highest BCUT2D eigenvalue weighted by Crippen LogP contribution is 2.28.